The molecule has 20 heavy (non-hydrogen) atoms. The largest absolute Gasteiger partial charge is 0.323 e. The molecule has 1 aromatic carbocycles. The number of halogens is 2. The van der Waals surface area contributed by atoms with Gasteiger partial charge in [0.05, 0.1) is 21.1 Å². The lowest BCUT2D eigenvalue weighted by molar-refractivity contribution is -0.127. The Morgan fingerprint density at radius 3 is 2.45 bits per heavy atom. The lowest BCUT2D eigenvalue weighted by atomic mass is 9.74. The minimum absolute atomic E-state index is 0.0378. The van der Waals surface area contributed by atoms with Crippen LogP contribution in [-0.4, -0.2) is 19.0 Å². The molecule has 1 saturated heterocycles. The molecular formula is C15H20Cl2N2O. The molecule has 0 saturated carbocycles. The Morgan fingerprint density at radius 2 is 1.90 bits per heavy atom. The second-order valence-electron chi connectivity index (χ2n) is 5.33. The smallest absolute Gasteiger partial charge is 0.230 e. The molecule has 0 aromatic heterocycles. The molecule has 0 unspecified atom stereocenters. The van der Waals surface area contributed by atoms with Crippen molar-refractivity contribution < 1.29 is 4.79 Å². The molecule has 0 bridgehead atoms. The standard InChI is InChI=1S/C15H20Cl2N2O/c1-2-6-15(7-9-18-10-8-15)14(20)19-13-11(16)4-3-5-12(13)17/h3-5,18H,2,6-10H2,1H3,(H,19,20). The summed E-state index contributed by atoms with van der Waals surface area (Å²) in [4.78, 5) is 12.7. The summed E-state index contributed by atoms with van der Waals surface area (Å²) in [7, 11) is 0. The molecule has 1 fully saturated rings. The molecule has 1 aliphatic heterocycles. The molecule has 1 aliphatic rings. The Morgan fingerprint density at radius 1 is 1.30 bits per heavy atom. The summed E-state index contributed by atoms with van der Waals surface area (Å²) < 4.78 is 0. The van der Waals surface area contributed by atoms with Crippen LogP contribution in [0.1, 0.15) is 32.6 Å². The van der Waals surface area contributed by atoms with Crippen molar-refractivity contribution in [3.05, 3.63) is 28.2 Å². The van der Waals surface area contributed by atoms with E-state index in [0.717, 1.165) is 38.8 Å². The molecule has 0 atom stereocenters. The number of carbonyl (C=O) groups excluding carboxylic acids is 1. The number of anilines is 1. The summed E-state index contributed by atoms with van der Waals surface area (Å²) in [6.45, 7) is 3.87. The zero-order valence-corrected chi connectivity index (χ0v) is 13.2. The van der Waals surface area contributed by atoms with E-state index in [1.165, 1.54) is 0 Å². The van der Waals surface area contributed by atoms with Gasteiger partial charge < -0.3 is 10.6 Å². The van der Waals surface area contributed by atoms with E-state index in [1.54, 1.807) is 18.2 Å². The molecule has 1 amide bonds. The summed E-state index contributed by atoms with van der Waals surface area (Å²) in [5, 5.41) is 7.21. The van der Waals surface area contributed by atoms with Crippen molar-refractivity contribution >= 4 is 34.8 Å². The van der Waals surface area contributed by atoms with Crippen molar-refractivity contribution in [1.29, 1.82) is 0 Å². The van der Waals surface area contributed by atoms with Crippen molar-refractivity contribution in [2.24, 2.45) is 5.41 Å². The van der Waals surface area contributed by atoms with Gasteiger partial charge in [0.2, 0.25) is 5.91 Å². The van der Waals surface area contributed by atoms with Crippen LogP contribution in [0.15, 0.2) is 18.2 Å². The average Bonchev–Trinajstić information content (AvgIpc) is 2.44. The first-order chi connectivity index (χ1) is 9.59. The normalized spacial score (nSPS) is 17.8. The summed E-state index contributed by atoms with van der Waals surface area (Å²) in [6.07, 6.45) is 3.59. The minimum Gasteiger partial charge on any atom is -0.323 e. The van der Waals surface area contributed by atoms with E-state index >= 15 is 0 Å². The van der Waals surface area contributed by atoms with Gasteiger partial charge in [-0.1, -0.05) is 42.6 Å². The van der Waals surface area contributed by atoms with E-state index in [2.05, 4.69) is 17.6 Å². The molecule has 110 valence electrons. The van der Waals surface area contributed by atoms with Gasteiger partial charge in [0, 0.05) is 0 Å². The van der Waals surface area contributed by atoms with Crippen LogP contribution in [0.4, 0.5) is 5.69 Å². The van der Waals surface area contributed by atoms with E-state index in [4.69, 9.17) is 23.2 Å². The van der Waals surface area contributed by atoms with Crippen LogP contribution in [0.3, 0.4) is 0 Å². The Kier molecular flexibility index (Phi) is 5.30. The third-order valence-electron chi connectivity index (χ3n) is 3.97. The maximum absolute atomic E-state index is 12.7. The lowest BCUT2D eigenvalue weighted by Crippen LogP contribution is -2.44. The van der Waals surface area contributed by atoms with Crippen LogP contribution in [0.25, 0.3) is 0 Å². The van der Waals surface area contributed by atoms with Crippen LogP contribution >= 0.6 is 23.2 Å². The summed E-state index contributed by atoms with van der Waals surface area (Å²) in [5.74, 6) is 0.0378. The van der Waals surface area contributed by atoms with Crippen LogP contribution in [0, 0.1) is 5.41 Å². The third kappa shape index (κ3) is 3.27. The topological polar surface area (TPSA) is 41.1 Å². The number of nitrogens with one attached hydrogen (secondary N) is 2. The predicted octanol–water partition coefficient (Wildman–Crippen LogP) is 4.10. The summed E-state index contributed by atoms with van der Waals surface area (Å²) in [5.41, 5.74) is 0.220. The van der Waals surface area contributed by atoms with Gasteiger partial charge in [-0.15, -0.1) is 0 Å². The molecule has 0 spiro atoms. The van der Waals surface area contributed by atoms with Gasteiger partial charge in [-0.25, -0.2) is 0 Å². The van der Waals surface area contributed by atoms with Crippen molar-refractivity contribution in [3.63, 3.8) is 0 Å². The fourth-order valence-electron chi connectivity index (χ4n) is 2.84. The number of para-hydroxylation sites is 1. The highest BCUT2D eigenvalue weighted by Gasteiger charge is 2.38. The van der Waals surface area contributed by atoms with E-state index in [9.17, 15) is 4.79 Å². The molecule has 0 radical (unpaired) electrons. The third-order valence-corrected chi connectivity index (χ3v) is 4.60. The zero-order chi connectivity index (χ0) is 14.6. The number of rotatable bonds is 4. The van der Waals surface area contributed by atoms with Gasteiger partial charge in [0.25, 0.3) is 0 Å². The van der Waals surface area contributed by atoms with E-state index < -0.39 is 0 Å². The highest BCUT2D eigenvalue weighted by atomic mass is 35.5. The lowest BCUT2D eigenvalue weighted by Gasteiger charge is -2.36. The quantitative estimate of drug-likeness (QED) is 0.878. The van der Waals surface area contributed by atoms with Crippen molar-refractivity contribution in [2.75, 3.05) is 18.4 Å². The van der Waals surface area contributed by atoms with Gasteiger partial charge in [-0.2, -0.15) is 0 Å². The fourth-order valence-corrected chi connectivity index (χ4v) is 3.33. The Balaban J connectivity index is 2.20. The molecule has 1 heterocycles. The zero-order valence-electron chi connectivity index (χ0n) is 11.6. The number of piperidine rings is 1. The van der Waals surface area contributed by atoms with E-state index in [1.807, 2.05) is 0 Å². The highest BCUT2D eigenvalue weighted by Crippen LogP contribution is 2.37. The van der Waals surface area contributed by atoms with Crippen molar-refractivity contribution in [3.8, 4) is 0 Å². The van der Waals surface area contributed by atoms with Crippen molar-refractivity contribution in [1.82, 2.24) is 5.32 Å². The van der Waals surface area contributed by atoms with Crippen LogP contribution in [0.2, 0.25) is 10.0 Å². The first-order valence-corrected chi connectivity index (χ1v) is 7.81. The number of carbonyl (C=O) groups is 1. The minimum atomic E-state index is -0.303. The predicted molar refractivity (Wildman–Crippen MR) is 84.5 cm³/mol. The second kappa shape index (κ2) is 6.79. The van der Waals surface area contributed by atoms with Crippen LogP contribution in [-0.2, 0) is 4.79 Å². The van der Waals surface area contributed by atoms with Gasteiger partial charge in [0.1, 0.15) is 0 Å². The second-order valence-corrected chi connectivity index (χ2v) is 6.15. The molecule has 3 nitrogen and oxygen atoms in total. The average molecular weight is 315 g/mol. The van der Waals surface area contributed by atoms with Gasteiger partial charge in [-0.05, 0) is 44.5 Å². The number of benzene rings is 1. The molecule has 2 N–H and O–H groups in total. The number of hydrogen-bond acceptors (Lipinski definition) is 2. The maximum atomic E-state index is 12.7. The highest BCUT2D eigenvalue weighted by molar-refractivity contribution is 6.39. The maximum Gasteiger partial charge on any atom is 0.230 e. The Labute approximate surface area is 130 Å². The van der Waals surface area contributed by atoms with Gasteiger partial charge >= 0.3 is 0 Å². The monoisotopic (exact) mass is 314 g/mol. The Bertz CT molecular complexity index is 459. The van der Waals surface area contributed by atoms with Gasteiger partial charge in [0.15, 0.2) is 0 Å². The Hall–Kier alpha value is -0.770. The number of hydrogen-bond donors (Lipinski definition) is 2. The van der Waals surface area contributed by atoms with Gasteiger partial charge in [-0.3, -0.25) is 4.79 Å². The van der Waals surface area contributed by atoms with Crippen molar-refractivity contribution in [2.45, 2.75) is 32.6 Å². The number of amides is 1. The van der Waals surface area contributed by atoms with E-state index in [0.29, 0.717) is 15.7 Å². The van der Waals surface area contributed by atoms with E-state index in [-0.39, 0.29) is 11.3 Å². The molecule has 5 heteroatoms. The SMILES string of the molecule is CCCC1(C(=O)Nc2c(Cl)cccc2Cl)CCNCC1. The molecule has 1 aromatic rings. The summed E-state index contributed by atoms with van der Waals surface area (Å²) >= 11 is 12.2. The molecule has 0 aliphatic carbocycles. The van der Waals surface area contributed by atoms with Crippen LogP contribution in [0.5, 0.6) is 0 Å². The fraction of sp³-hybridized carbons (Fsp3) is 0.533. The summed E-state index contributed by atoms with van der Waals surface area (Å²) in [6, 6.07) is 5.24. The first-order valence-electron chi connectivity index (χ1n) is 7.05. The molecule has 2 rings (SSSR count). The van der Waals surface area contributed by atoms with Crippen LogP contribution < -0.4 is 10.6 Å². The molecular weight excluding hydrogens is 295 g/mol. The first kappa shape index (κ1) is 15.6.